The van der Waals surface area contributed by atoms with E-state index in [4.69, 9.17) is 23.2 Å². The molecule has 0 aliphatic rings. The molecule has 0 heterocycles. The summed E-state index contributed by atoms with van der Waals surface area (Å²) in [6.45, 7) is 3.16. The Labute approximate surface area is 206 Å². The average molecular weight is 565 g/mol. The minimum absolute atomic E-state index is 0.0619. The number of nitrogens with one attached hydrogen (secondary N) is 1. The van der Waals surface area contributed by atoms with Gasteiger partial charge in [0.05, 0.1) is 11.9 Å². The van der Waals surface area contributed by atoms with Crippen LogP contribution in [0.3, 0.4) is 0 Å². The Morgan fingerprint density at radius 1 is 1.09 bits per heavy atom. The van der Waals surface area contributed by atoms with Gasteiger partial charge in [-0.2, -0.15) is 0 Å². The Bertz CT molecular complexity index is 1060. The molecule has 174 valence electrons. The molecule has 2 rings (SSSR count). The predicted octanol–water partition coefficient (Wildman–Crippen LogP) is 4.08. The van der Waals surface area contributed by atoms with Gasteiger partial charge in [-0.05, 0) is 50.2 Å². The van der Waals surface area contributed by atoms with Gasteiger partial charge in [0, 0.05) is 33.2 Å². The summed E-state index contributed by atoms with van der Waals surface area (Å²) >= 11 is 15.9. The fraction of sp³-hybridized carbons (Fsp3) is 0.333. The Morgan fingerprint density at radius 3 is 2.16 bits per heavy atom. The molecule has 0 radical (unpaired) electrons. The van der Waals surface area contributed by atoms with Gasteiger partial charge in [0.15, 0.2) is 0 Å². The van der Waals surface area contributed by atoms with Gasteiger partial charge in [-0.1, -0.05) is 45.2 Å². The van der Waals surface area contributed by atoms with E-state index in [-0.39, 0.29) is 12.5 Å². The molecule has 7 nitrogen and oxygen atoms in total. The van der Waals surface area contributed by atoms with Gasteiger partial charge >= 0.3 is 0 Å². The van der Waals surface area contributed by atoms with Crippen molar-refractivity contribution in [2.24, 2.45) is 0 Å². The van der Waals surface area contributed by atoms with Gasteiger partial charge < -0.3 is 10.2 Å². The van der Waals surface area contributed by atoms with Gasteiger partial charge in [-0.15, -0.1) is 0 Å². The molecule has 2 amide bonds. The normalized spacial score (nSPS) is 12.2. The zero-order valence-electron chi connectivity index (χ0n) is 17.8. The van der Waals surface area contributed by atoms with Crippen molar-refractivity contribution < 1.29 is 18.0 Å². The number of anilines is 1. The van der Waals surface area contributed by atoms with Gasteiger partial charge in [0.1, 0.15) is 12.6 Å². The molecule has 32 heavy (non-hydrogen) atoms. The second kappa shape index (κ2) is 11.4. The van der Waals surface area contributed by atoms with Gasteiger partial charge in [0.25, 0.3) is 0 Å². The zero-order valence-corrected chi connectivity index (χ0v) is 21.7. The number of rotatable bonds is 9. The van der Waals surface area contributed by atoms with Crippen LogP contribution in [0.15, 0.2) is 46.9 Å². The lowest BCUT2D eigenvalue weighted by molar-refractivity contribution is -0.139. The number of hydrogen-bond donors (Lipinski definition) is 1. The highest BCUT2D eigenvalue weighted by atomic mass is 79.9. The molecule has 1 N–H and O–H groups in total. The maximum Gasteiger partial charge on any atom is 0.244 e. The fourth-order valence-electron chi connectivity index (χ4n) is 2.98. The highest BCUT2D eigenvalue weighted by Gasteiger charge is 2.30. The minimum atomic E-state index is -3.79. The topological polar surface area (TPSA) is 86.8 Å². The van der Waals surface area contributed by atoms with E-state index in [1.54, 1.807) is 56.3 Å². The molecule has 0 saturated heterocycles. The first kappa shape index (κ1) is 26.4. The number of sulfonamides is 1. The Morgan fingerprint density at radius 2 is 1.66 bits per heavy atom. The number of nitrogens with zero attached hydrogens (tertiary/aromatic N) is 2. The highest BCUT2D eigenvalue weighted by Crippen LogP contribution is 2.27. The Hall–Kier alpha value is -1.81. The Kier molecular flexibility index (Phi) is 9.39. The second-order valence-corrected chi connectivity index (χ2v) is 10.7. The van der Waals surface area contributed by atoms with E-state index in [9.17, 15) is 18.0 Å². The largest absolute Gasteiger partial charge is 0.355 e. The Balaban J connectivity index is 2.43. The molecule has 11 heteroatoms. The van der Waals surface area contributed by atoms with Crippen LogP contribution in [0, 0.1) is 0 Å². The lowest BCUT2D eigenvalue weighted by Gasteiger charge is -2.31. The summed E-state index contributed by atoms with van der Waals surface area (Å²) in [7, 11) is -3.79. The van der Waals surface area contributed by atoms with E-state index >= 15 is 0 Å². The molecular weight excluding hydrogens is 541 g/mol. The van der Waals surface area contributed by atoms with Gasteiger partial charge in [-0.25, -0.2) is 8.42 Å². The number of hydrogen-bond acceptors (Lipinski definition) is 4. The van der Waals surface area contributed by atoms with Crippen LogP contribution in [0.25, 0.3) is 0 Å². The first-order chi connectivity index (χ1) is 15.0. The number of amides is 2. The van der Waals surface area contributed by atoms with E-state index in [1.807, 2.05) is 0 Å². The summed E-state index contributed by atoms with van der Waals surface area (Å²) in [5.41, 5.74) is 0.792. The number of carbonyl (C=O) groups excluding carboxylic acids is 2. The maximum absolute atomic E-state index is 13.4. The van der Waals surface area contributed by atoms with Crippen LogP contribution in [0.2, 0.25) is 10.0 Å². The van der Waals surface area contributed by atoms with Crippen molar-refractivity contribution in [3.63, 3.8) is 0 Å². The number of carbonyl (C=O) groups is 2. The van der Waals surface area contributed by atoms with Crippen molar-refractivity contribution in [3.05, 3.63) is 62.5 Å². The monoisotopic (exact) mass is 563 g/mol. The summed E-state index contributed by atoms with van der Waals surface area (Å²) in [4.78, 5) is 27.2. The molecule has 2 aromatic rings. The molecule has 0 bridgehead atoms. The quantitative estimate of drug-likeness (QED) is 0.497. The van der Waals surface area contributed by atoms with Crippen LogP contribution in [0.4, 0.5) is 5.69 Å². The third-order valence-electron chi connectivity index (χ3n) is 4.70. The molecule has 1 atom stereocenters. The third kappa shape index (κ3) is 6.84. The molecule has 0 aromatic heterocycles. The standard InChI is InChI=1S/C21H24BrCl2N3O4S/c1-4-25-21(29)14(2)26(12-17-18(23)6-5-7-19(17)24)20(28)13-27(32(3,30)31)16-10-8-15(22)9-11-16/h5-11,14H,4,12-13H2,1-3H3,(H,25,29)/t14-/m1/s1. The molecule has 0 unspecified atom stereocenters. The number of likely N-dealkylation sites (N-methyl/N-ethyl adjacent to an activating group) is 1. The van der Waals surface area contributed by atoms with Crippen LogP contribution in [0.1, 0.15) is 19.4 Å². The molecule has 2 aromatic carbocycles. The first-order valence-corrected chi connectivity index (χ1v) is 13.1. The molecule has 0 aliphatic heterocycles. The SMILES string of the molecule is CCNC(=O)[C@@H](C)N(Cc1c(Cl)cccc1Cl)C(=O)CN(c1ccc(Br)cc1)S(C)(=O)=O. The molecule has 0 spiro atoms. The third-order valence-corrected chi connectivity index (χ3v) is 7.08. The summed E-state index contributed by atoms with van der Waals surface area (Å²) in [5.74, 6) is -0.952. The van der Waals surface area contributed by atoms with E-state index in [2.05, 4.69) is 21.2 Å². The molecular formula is C21H24BrCl2N3O4S. The number of halogens is 3. The summed E-state index contributed by atoms with van der Waals surface area (Å²) in [5, 5.41) is 3.36. The van der Waals surface area contributed by atoms with Crippen molar-refractivity contribution in [1.29, 1.82) is 0 Å². The van der Waals surface area contributed by atoms with Crippen LogP contribution in [0.5, 0.6) is 0 Å². The summed E-state index contributed by atoms with van der Waals surface area (Å²) in [6.07, 6.45) is 1.02. The molecule has 0 fully saturated rings. The first-order valence-electron chi connectivity index (χ1n) is 9.69. The van der Waals surface area contributed by atoms with Crippen molar-refractivity contribution in [3.8, 4) is 0 Å². The lowest BCUT2D eigenvalue weighted by Crippen LogP contribution is -2.51. The summed E-state index contributed by atoms with van der Waals surface area (Å²) < 4.78 is 26.7. The van der Waals surface area contributed by atoms with Crippen molar-refractivity contribution in [2.75, 3.05) is 23.7 Å². The zero-order chi connectivity index (χ0) is 24.1. The second-order valence-electron chi connectivity index (χ2n) is 7.04. The van der Waals surface area contributed by atoms with Crippen LogP contribution in [-0.4, -0.2) is 50.5 Å². The predicted molar refractivity (Wildman–Crippen MR) is 131 cm³/mol. The van der Waals surface area contributed by atoms with Crippen LogP contribution in [-0.2, 0) is 26.2 Å². The van der Waals surface area contributed by atoms with E-state index in [1.165, 1.54) is 4.90 Å². The van der Waals surface area contributed by atoms with Crippen molar-refractivity contribution in [1.82, 2.24) is 10.2 Å². The number of benzene rings is 2. The molecule has 0 saturated carbocycles. The average Bonchev–Trinajstić information content (AvgIpc) is 2.71. The van der Waals surface area contributed by atoms with E-state index in [0.717, 1.165) is 15.0 Å². The minimum Gasteiger partial charge on any atom is -0.355 e. The fourth-order valence-corrected chi connectivity index (χ4v) is 4.61. The molecule has 0 aliphatic carbocycles. The van der Waals surface area contributed by atoms with Crippen LogP contribution < -0.4 is 9.62 Å². The van der Waals surface area contributed by atoms with Gasteiger partial charge in [-0.3, -0.25) is 13.9 Å². The highest BCUT2D eigenvalue weighted by molar-refractivity contribution is 9.10. The van der Waals surface area contributed by atoms with Crippen molar-refractivity contribution in [2.45, 2.75) is 26.4 Å². The lowest BCUT2D eigenvalue weighted by atomic mass is 10.1. The summed E-state index contributed by atoms with van der Waals surface area (Å²) in [6, 6.07) is 10.6. The smallest absolute Gasteiger partial charge is 0.244 e. The van der Waals surface area contributed by atoms with Gasteiger partial charge in [0.2, 0.25) is 21.8 Å². The van der Waals surface area contributed by atoms with E-state index < -0.39 is 28.5 Å². The maximum atomic E-state index is 13.4. The van der Waals surface area contributed by atoms with Crippen molar-refractivity contribution >= 4 is 66.7 Å². The van der Waals surface area contributed by atoms with Crippen LogP contribution >= 0.6 is 39.1 Å². The van der Waals surface area contributed by atoms with E-state index in [0.29, 0.717) is 27.8 Å².